The predicted molar refractivity (Wildman–Crippen MR) is 36.0 cm³/mol. The molecule has 0 saturated heterocycles. The standard InChI is InChI=1S/C3H8O3.ClH.Sn.2H/c4-1-3(6)2-5;;;;/h3-6H,1-2H2;1H;;;. The first-order chi connectivity index (χ1) is 2.81. The third-order valence-corrected chi connectivity index (χ3v) is 0.421. The van der Waals surface area contributed by atoms with Gasteiger partial charge in [0.15, 0.2) is 0 Å². The summed E-state index contributed by atoms with van der Waals surface area (Å²) in [4.78, 5) is 0. The number of aliphatic hydroxyl groups excluding tert-OH is 3. The Morgan fingerprint density at radius 2 is 1.38 bits per heavy atom. The summed E-state index contributed by atoms with van der Waals surface area (Å²) >= 11 is 0. The number of hydrogen-bond acceptors (Lipinski definition) is 3. The van der Waals surface area contributed by atoms with Crippen molar-refractivity contribution in [1.29, 1.82) is 0 Å². The fraction of sp³-hybridized carbons (Fsp3) is 1.00. The molecule has 0 bridgehead atoms. The molecule has 0 saturated carbocycles. The number of rotatable bonds is 2. The Labute approximate surface area is 71.1 Å². The van der Waals surface area contributed by atoms with Crippen molar-refractivity contribution < 1.29 is 15.3 Å². The van der Waals surface area contributed by atoms with Crippen LogP contribution in [0.15, 0.2) is 0 Å². The zero-order chi connectivity index (χ0) is 4.99. The van der Waals surface area contributed by atoms with Gasteiger partial charge in [0.2, 0.25) is 0 Å². The Morgan fingerprint density at radius 1 is 1.12 bits per heavy atom. The van der Waals surface area contributed by atoms with Gasteiger partial charge >= 0.3 is 23.9 Å². The van der Waals surface area contributed by atoms with Crippen LogP contribution < -0.4 is 0 Å². The van der Waals surface area contributed by atoms with Gasteiger partial charge in [0, 0.05) is 0 Å². The van der Waals surface area contributed by atoms with E-state index in [1.807, 2.05) is 0 Å². The Kier molecular flexibility index (Phi) is 21.7. The minimum absolute atomic E-state index is 0. The van der Waals surface area contributed by atoms with E-state index >= 15 is 0 Å². The molecule has 0 atom stereocenters. The van der Waals surface area contributed by atoms with Crippen molar-refractivity contribution in [3.63, 3.8) is 0 Å². The van der Waals surface area contributed by atoms with E-state index in [4.69, 9.17) is 15.3 Å². The molecule has 0 rings (SSSR count). The molecular weight excluding hydrogens is 238 g/mol. The molecule has 0 aliphatic heterocycles. The van der Waals surface area contributed by atoms with Crippen LogP contribution in [0.3, 0.4) is 0 Å². The van der Waals surface area contributed by atoms with Crippen LogP contribution >= 0.6 is 12.4 Å². The zero-order valence-electron chi connectivity index (χ0n) is 4.45. The molecule has 52 valence electrons. The van der Waals surface area contributed by atoms with Gasteiger partial charge in [-0.3, -0.25) is 0 Å². The molecule has 0 aromatic heterocycles. The van der Waals surface area contributed by atoms with E-state index in [9.17, 15) is 0 Å². The van der Waals surface area contributed by atoms with Gasteiger partial charge in [-0.05, 0) is 0 Å². The Bertz CT molecular complexity index is 33.7. The molecule has 2 radical (unpaired) electrons. The van der Waals surface area contributed by atoms with Gasteiger partial charge in [0.05, 0.1) is 13.2 Å². The number of hydrogen-bond donors (Lipinski definition) is 3. The Balaban J connectivity index is -0.000000125. The van der Waals surface area contributed by atoms with Crippen LogP contribution in [0.2, 0.25) is 0 Å². The van der Waals surface area contributed by atoms with Gasteiger partial charge in [-0.25, -0.2) is 0 Å². The van der Waals surface area contributed by atoms with E-state index < -0.39 is 6.10 Å². The molecule has 0 unspecified atom stereocenters. The van der Waals surface area contributed by atoms with Crippen LogP contribution in [0.4, 0.5) is 0 Å². The van der Waals surface area contributed by atoms with E-state index in [-0.39, 0.29) is 49.5 Å². The second-order valence-electron chi connectivity index (χ2n) is 1.02. The van der Waals surface area contributed by atoms with Gasteiger partial charge in [0.25, 0.3) is 0 Å². The molecule has 0 spiro atoms. The van der Waals surface area contributed by atoms with Crippen molar-refractivity contribution in [2.24, 2.45) is 0 Å². The maximum absolute atomic E-state index is 8.17. The first-order valence-electron chi connectivity index (χ1n) is 1.71. The Hall–Kier alpha value is 0.969. The first kappa shape index (κ1) is 16.0. The summed E-state index contributed by atoms with van der Waals surface area (Å²) in [7, 11) is 0. The van der Waals surface area contributed by atoms with Crippen molar-refractivity contribution in [2.75, 3.05) is 13.2 Å². The fourth-order valence-corrected chi connectivity index (χ4v) is 0.0577. The van der Waals surface area contributed by atoms with Crippen LogP contribution in [0.1, 0.15) is 0 Å². The maximum atomic E-state index is 8.17. The molecule has 0 fully saturated rings. The van der Waals surface area contributed by atoms with Crippen molar-refractivity contribution in [3.05, 3.63) is 0 Å². The molecule has 0 aromatic rings. The van der Waals surface area contributed by atoms with E-state index in [1.165, 1.54) is 0 Å². The summed E-state index contributed by atoms with van der Waals surface area (Å²) in [6, 6.07) is 0. The van der Waals surface area contributed by atoms with Crippen LogP contribution in [0, 0.1) is 0 Å². The first-order valence-corrected chi connectivity index (χ1v) is 1.71. The minimum atomic E-state index is -0.954. The molecule has 0 heterocycles. The molecule has 0 aromatic carbocycles. The topological polar surface area (TPSA) is 60.7 Å². The van der Waals surface area contributed by atoms with Gasteiger partial charge in [0.1, 0.15) is 6.10 Å². The molecular formula is C3H11ClO3Sn. The molecule has 3 nitrogen and oxygen atoms in total. The molecule has 0 aliphatic carbocycles. The summed E-state index contributed by atoms with van der Waals surface area (Å²) < 4.78 is 0. The average molecular weight is 249 g/mol. The van der Waals surface area contributed by atoms with Crippen LogP contribution in [0.25, 0.3) is 0 Å². The molecule has 0 aliphatic rings. The molecule has 3 N–H and O–H groups in total. The summed E-state index contributed by atoms with van der Waals surface area (Å²) in [6.07, 6.45) is -0.954. The van der Waals surface area contributed by atoms with Crippen molar-refractivity contribution in [3.8, 4) is 0 Å². The van der Waals surface area contributed by atoms with E-state index in [1.54, 1.807) is 0 Å². The zero-order valence-corrected chi connectivity index (χ0v) is 9.30. The van der Waals surface area contributed by atoms with Crippen LogP contribution in [-0.4, -0.2) is 58.5 Å². The normalized spacial score (nSPS) is 7.50. The summed E-state index contributed by atoms with van der Waals surface area (Å²) in [5.74, 6) is 0. The van der Waals surface area contributed by atoms with Gasteiger partial charge < -0.3 is 15.3 Å². The molecule has 5 heteroatoms. The average Bonchev–Trinajstić information content (AvgIpc) is 1.65. The van der Waals surface area contributed by atoms with E-state index in [0.717, 1.165) is 0 Å². The second kappa shape index (κ2) is 10.9. The van der Waals surface area contributed by atoms with Crippen molar-refractivity contribution in [2.45, 2.75) is 6.10 Å². The monoisotopic (exact) mass is 250 g/mol. The summed E-state index contributed by atoms with van der Waals surface area (Å²) in [6.45, 7) is -0.729. The van der Waals surface area contributed by atoms with Crippen molar-refractivity contribution >= 4 is 36.3 Å². The van der Waals surface area contributed by atoms with Crippen LogP contribution in [0.5, 0.6) is 0 Å². The number of aliphatic hydroxyl groups is 3. The Morgan fingerprint density at radius 3 is 1.38 bits per heavy atom. The van der Waals surface area contributed by atoms with Crippen LogP contribution in [-0.2, 0) is 0 Å². The molecule has 0 amide bonds. The van der Waals surface area contributed by atoms with E-state index in [0.29, 0.717) is 0 Å². The van der Waals surface area contributed by atoms with Gasteiger partial charge in [-0.1, -0.05) is 0 Å². The molecule has 8 heavy (non-hydrogen) atoms. The summed E-state index contributed by atoms with van der Waals surface area (Å²) in [5, 5.41) is 24.0. The summed E-state index contributed by atoms with van der Waals surface area (Å²) in [5.41, 5.74) is 0. The SMILES string of the molecule is Cl.OCC(O)CO.[SnH2]. The van der Waals surface area contributed by atoms with Gasteiger partial charge in [-0.2, -0.15) is 0 Å². The quantitative estimate of drug-likeness (QED) is 0.489. The number of halogens is 1. The van der Waals surface area contributed by atoms with E-state index in [2.05, 4.69) is 0 Å². The fourth-order valence-electron chi connectivity index (χ4n) is 0.0577. The predicted octanol–water partition coefficient (Wildman–Crippen LogP) is -2.16. The second-order valence-corrected chi connectivity index (χ2v) is 1.02. The van der Waals surface area contributed by atoms with Crippen molar-refractivity contribution in [1.82, 2.24) is 0 Å². The van der Waals surface area contributed by atoms with Gasteiger partial charge in [-0.15, -0.1) is 12.4 Å². The third kappa shape index (κ3) is 10.1. The third-order valence-electron chi connectivity index (χ3n) is 0.421.